The molecule has 3 aromatic heterocycles. The molecule has 40 heavy (non-hydrogen) atoms. The van der Waals surface area contributed by atoms with E-state index in [2.05, 4.69) is 20.5 Å². The number of carbonyl (C=O) groups excluding carboxylic acids is 2. The molecule has 2 N–H and O–H groups in total. The third-order valence-electron chi connectivity index (χ3n) is 7.71. The molecule has 0 bridgehead atoms. The Labute approximate surface area is 226 Å². The van der Waals surface area contributed by atoms with Crippen molar-refractivity contribution in [3.63, 3.8) is 0 Å². The van der Waals surface area contributed by atoms with E-state index in [0.717, 1.165) is 0 Å². The van der Waals surface area contributed by atoms with Crippen LogP contribution in [0.4, 0.5) is 22.0 Å². The van der Waals surface area contributed by atoms with Crippen LogP contribution in [0, 0.1) is 11.8 Å². The van der Waals surface area contributed by atoms with Gasteiger partial charge >= 0.3 is 6.18 Å². The maximum Gasteiger partial charge on any atom is 0.408 e. The van der Waals surface area contributed by atoms with Crippen molar-refractivity contribution in [1.82, 2.24) is 35.0 Å². The summed E-state index contributed by atoms with van der Waals surface area (Å²) in [6.45, 7) is 3.77. The minimum atomic E-state index is -4.51. The smallest absolute Gasteiger partial charge is 0.344 e. The Morgan fingerprint density at radius 2 is 1.95 bits per heavy atom. The largest absolute Gasteiger partial charge is 0.408 e. The zero-order chi connectivity index (χ0) is 28.8. The van der Waals surface area contributed by atoms with Crippen LogP contribution in [0.2, 0.25) is 0 Å². The highest BCUT2D eigenvalue weighted by molar-refractivity contribution is 5.92. The summed E-state index contributed by atoms with van der Waals surface area (Å²) < 4.78 is 70.1. The van der Waals surface area contributed by atoms with E-state index >= 15 is 0 Å². The van der Waals surface area contributed by atoms with Crippen LogP contribution < -0.4 is 10.6 Å². The number of amides is 2. The van der Waals surface area contributed by atoms with Gasteiger partial charge in [-0.15, -0.1) is 0 Å². The van der Waals surface area contributed by atoms with Crippen LogP contribution in [0.1, 0.15) is 79.8 Å². The molecule has 3 aromatic rings. The second-order valence-electron chi connectivity index (χ2n) is 11.0. The second-order valence-corrected chi connectivity index (χ2v) is 11.0. The summed E-state index contributed by atoms with van der Waals surface area (Å²) in [5.74, 6) is -4.99. The highest BCUT2D eigenvalue weighted by Gasteiger charge is 2.47. The average Bonchev–Trinajstić information content (AvgIpc) is 3.61. The van der Waals surface area contributed by atoms with Crippen LogP contribution in [0.3, 0.4) is 0 Å². The summed E-state index contributed by atoms with van der Waals surface area (Å²) in [6.07, 6.45) is -0.458. The van der Waals surface area contributed by atoms with Gasteiger partial charge in [0.2, 0.25) is 11.8 Å². The quantitative estimate of drug-likeness (QED) is 0.412. The monoisotopic (exact) mass is 567 g/mol. The maximum atomic E-state index is 13.9. The first-order valence-electron chi connectivity index (χ1n) is 13.2. The van der Waals surface area contributed by atoms with Gasteiger partial charge in [0, 0.05) is 31.0 Å². The van der Waals surface area contributed by atoms with Crippen molar-refractivity contribution >= 4 is 17.5 Å². The van der Waals surface area contributed by atoms with E-state index in [9.17, 15) is 31.5 Å². The van der Waals surface area contributed by atoms with E-state index in [-0.39, 0.29) is 50.5 Å². The number of carbonyl (C=O) groups is 2. The standard InChI is InChI=1S/C26H30F5N7O2/c1-14(2)38-19(5-8-32-38)24(40)36-22(16-3-6-25(27,28)7-4-16)18-13-37-21(34-18)10-15(12-33-37)9-17-11-20(26(29,30)31)35-23(17)39/h5,8,10,12-14,16-17,20,22H,3-4,6-7,9,11H2,1-2H3,(H,35,39)(H,36,40)/t17-,20+,22+/m1/s1. The SMILES string of the molecule is CC(C)n1nccc1C(=O)N[C@H](c1cn2ncc(C[C@@H]3C[C@@H](C(F)(F)F)NC3=O)cc2n1)C1CCC(F)(F)CC1. The molecule has 4 heterocycles. The molecule has 1 saturated heterocycles. The minimum Gasteiger partial charge on any atom is -0.344 e. The molecule has 216 valence electrons. The highest BCUT2D eigenvalue weighted by Crippen LogP contribution is 2.41. The van der Waals surface area contributed by atoms with Gasteiger partial charge in [0.1, 0.15) is 11.7 Å². The number of halogens is 5. The van der Waals surface area contributed by atoms with Crippen LogP contribution in [0.15, 0.2) is 30.7 Å². The van der Waals surface area contributed by atoms with Crippen molar-refractivity contribution in [2.75, 3.05) is 0 Å². The number of hydrogen-bond acceptors (Lipinski definition) is 5. The third kappa shape index (κ3) is 5.80. The maximum absolute atomic E-state index is 13.9. The van der Waals surface area contributed by atoms with Gasteiger partial charge in [0.25, 0.3) is 5.91 Å². The second kappa shape index (κ2) is 10.4. The van der Waals surface area contributed by atoms with E-state index in [0.29, 0.717) is 22.6 Å². The van der Waals surface area contributed by atoms with Gasteiger partial charge in [-0.3, -0.25) is 14.3 Å². The number of rotatable bonds is 7. The Balaban J connectivity index is 1.39. The van der Waals surface area contributed by atoms with E-state index in [1.54, 1.807) is 23.0 Å². The fraction of sp³-hybridized carbons (Fsp3) is 0.577. The van der Waals surface area contributed by atoms with Crippen molar-refractivity contribution in [2.45, 2.75) is 82.6 Å². The fourth-order valence-electron chi connectivity index (χ4n) is 5.56. The number of aromatic nitrogens is 5. The Morgan fingerprint density at radius 1 is 1.23 bits per heavy atom. The molecule has 1 aliphatic carbocycles. The minimum absolute atomic E-state index is 0.0567. The van der Waals surface area contributed by atoms with Crippen molar-refractivity contribution in [2.24, 2.45) is 11.8 Å². The van der Waals surface area contributed by atoms with Gasteiger partial charge in [-0.1, -0.05) is 0 Å². The average molecular weight is 568 g/mol. The fourth-order valence-corrected chi connectivity index (χ4v) is 5.56. The van der Waals surface area contributed by atoms with Gasteiger partial charge in [0.05, 0.1) is 24.1 Å². The van der Waals surface area contributed by atoms with Crippen LogP contribution in [-0.4, -0.2) is 54.3 Å². The topological polar surface area (TPSA) is 106 Å². The normalized spacial score (nSPS) is 22.6. The predicted octanol–water partition coefficient (Wildman–Crippen LogP) is 4.41. The van der Waals surface area contributed by atoms with Gasteiger partial charge in [-0.2, -0.15) is 23.4 Å². The molecule has 2 aliphatic rings. The summed E-state index contributed by atoms with van der Waals surface area (Å²) in [5, 5.41) is 13.5. The molecule has 9 nitrogen and oxygen atoms in total. The number of nitrogens with zero attached hydrogens (tertiary/aromatic N) is 5. The van der Waals surface area contributed by atoms with Crippen molar-refractivity contribution in [1.29, 1.82) is 0 Å². The molecule has 1 aliphatic heterocycles. The van der Waals surface area contributed by atoms with Crippen LogP contribution in [0.25, 0.3) is 5.65 Å². The Hall–Kier alpha value is -3.58. The van der Waals surface area contributed by atoms with Crippen LogP contribution in [-0.2, 0) is 11.2 Å². The van der Waals surface area contributed by atoms with Crippen molar-refractivity contribution in [3.8, 4) is 0 Å². The first-order chi connectivity index (χ1) is 18.8. The lowest BCUT2D eigenvalue weighted by molar-refractivity contribution is -0.154. The van der Waals surface area contributed by atoms with Gasteiger partial charge in [-0.25, -0.2) is 18.3 Å². The molecule has 1 saturated carbocycles. The van der Waals surface area contributed by atoms with E-state index in [1.807, 2.05) is 19.2 Å². The Kier molecular flexibility index (Phi) is 7.29. The summed E-state index contributed by atoms with van der Waals surface area (Å²) in [5.41, 5.74) is 1.66. The van der Waals surface area contributed by atoms with Gasteiger partial charge < -0.3 is 10.6 Å². The zero-order valence-corrected chi connectivity index (χ0v) is 22.0. The molecule has 2 amide bonds. The lowest BCUT2D eigenvalue weighted by Gasteiger charge is -2.33. The molecule has 0 unspecified atom stereocenters. The predicted molar refractivity (Wildman–Crippen MR) is 133 cm³/mol. The Bertz CT molecular complexity index is 1390. The molecule has 14 heteroatoms. The van der Waals surface area contributed by atoms with E-state index in [1.165, 1.54) is 16.9 Å². The summed E-state index contributed by atoms with van der Waals surface area (Å²) >= 11 is 0. The van der Waals surface area contributed by atoms with Crippen LogP contribution in [0.5, 0.6) is 0 Å². The number of fused-ring (bicyclic) bond motifs is 1. The molecule has 0 radical (unpaired) electrons. The molecule has 3 atom stereocenters. The van der Waals surface area contributed by atoms with Gasteiger partial charge in [0.15, 0.2) is 5.65 Å². The van der Waals surface area contributed by atoms with Gasteiger partial charge in [-0.05, 0) is 63.1 Å². The zero-order valence-electron chi connectivity index (χ0n) is 22.0. The molecule has 2 fully saturated rings. The summed E-state index contributed by atoms with van der Waals surface area (Å²) in [7, 11) is 0. The van der Waals surface area contributed by atoms with Crippen molar-refractivity contribution < 1.29 is 31.5 Å². The molecule has 5 rings (SSSR count). The molecule has 0 spiro atoms. The number of imidazole rings is 1. The third-order valence-corrected chi connectivity index (χ3v) is 7.71. The molecule has 0 aromatic carbocycles. The van der Waals surface area contributed by atoms with Crippen LogP contribution >= 0.6 is 0 Å². The van der Waals surface area contributed by atoms with E-state index < -0.39 is 41.9 Å². The summed E-state index contributed by atoms with van der Waals surface area (Å²) in [6, 6.07) is 0.582. The van der Waals surface area contributed by atoms with Crippen molar-refractivity contribution in [3.05, 3.63) is 47.7 Å². The first kappa shape index (κ1) is 28.0. The summed E-state index contributed by atoms with van der Waals surface area (Å²) in [4.78, 5) is 30.0. The lowest BCUT2D eigenvalue weighted by Crippen LogP contribution is -2.38. The first-order valence-corrected chi connectivity index (χ1v) is 13.2. The number of alkyl halides is 5. The van der Waals surface area contributed by atoms with E-state index in [4.69, 9.17) is 0 Å². The highest BCUT2D eigenvalue weighted by atomic mass is 19.4. The molecular weight excluding hydrogens is 537 g/mol. The number of nitrogens with one attached hydrogen (secondary N) is 2. The Morgan fingerprint density at radius 3 is 2.60 bits per heavy atom. The molecular formula is C26H30F5N7O2. The lowest BCUT2D eigenvalue weighted by atomic mass is 9.81. The number of hydrogen-bond donors (Lipinski definition) is 2.